The Labute approximate surface area is 196 Å². The van der Waals surface area contributed by atoms with Gasteiger partial charge in [-0.15, -0.1) is 24.0 Å². The highest BCUT2D eigenvalue weighted by atomic mass is 127. The summed E-state index contributed by atoms with van der Waals surface area (Å²) in [6.07, 6.45) is 2.15. The number of benzene rings is 1. The molecule has 1 atom stereocenters. The molecule has 4 rings (SSSR count). The molecule has 1 aromatic carbocycles. The summed E-state index contributed by atoms with van der Waals surface area (Å²) in [6.45, 7) is 10.4. The van der Waals surface area contributed by atoms with E-state index in [4.69, 9.17) is 9.73 Å². The number of aryl methyl sites for hydroxylation is 1. The van der Waals surface area contributed by atoms with Gasteiger partial charge < -0.3 is 24.8 Å². The van der Waals surface area contributed by atoms with E-state index in [0.717, 1.165) is 38.6 Å². The number of halogens is 1. The van der Waals surface area contributed by atoms with Crippen molar-refractivity contribution in [2.45, 2.75) is 51.8 Å². The number of ether oxygens (including phenoxy) is 1. The van der Waals surface area contributed by atoms with Crippen molar-refractivity contribution in [3.63, 3.8) is 0 Å². The zero-order valence-electron chi connectivity index (χ0n) is 18.5. The predicted octanol–water partition coefficient (Wildman–Crippen LogP) is 3.07. The maximum atomic E-state index is 12.4. The van der Waals surface area contributed by atoms with Crippen molar-refractivity contribution in [2.24, 2.45) is 4.99 Å². The highest BCUT2D eigenvalue weighted by Crippen LogP contribution is 2.27. The summed E-state index contributed by atoms with van der Waals surface area (Å²) in [7, 11) is 2.17. The maximum Gasteiger partial charge on any atom is 0.410 e. The van der Waals surface area contributed by atoms with Gasteiger partial charge in [0.25, 0.3) is 0 Å². The first-order valence-electron chi connectivity index (χ1n) is 10.7. The summed E-state index contributed by atoms with van der Waals surface area (Å²) in [5.41, 5.74) is 3.63. The number of aliphatic imine (C=N–C) groups is 1. The molecule has 7 nitrogen and oxygen atoms in total. The van der Waals surface area contributed by atoms with Crippen LogP contribution >= 0.6 is 24.0 Å². The number of hydrogen-bond acceptors (Lipinski definition) is 6. The Bertz CT molecular complexity index is 807. The Balaban J connectivity index is 0.00000256. The lowest BCUT2D eigenvalue weighted by Crippen LogP contribution is -2.57. The van der Waals surface area contributed by atoms with Crippen molar-refractivity contribution >= 4 is 41.7 Å². The van der Waals surface area contributed by atoms with Crippen LogP contribution in [0.4, 0.5) is 10.5 Å². The Morgan fingerprint density at radius 1 is 1.27 bits per heavy atom. The molecule has 166 valence electrons. The van der Waals surface area contributed by atoms with Gasteiger partial charge >= 0.3 is 6.09 Å². The lowest BCUT2D eigenvalue weighted by molar-refractivity contribution is 0.0137. The van der Waals surface area contributed by atoms with Gasteiger partial charge in [-0.25, -0.2) is 4.79 Å². The molecule has 1 amide bonds. The third-order valence-corrected chi connectivity index (χ3v) is 5.80. The minimum absolute atomic E-state index is 0. The normalized spacial score (nSPS) is 20.7. The Morgan fingerprint density at radius 2 is 2.07 bits per heavy atom. The van der Waals surface area contributed by atoms with Gasteiger partial charge in [0, 0.05) is 45.5 Å². The van der Waals surface area contributed by atoms with Gasteiger partial charge in [0.05, 0.1) is 12.6 Å². The number of carbonyl (C=O) groups is 1. The topological polar surface area (TPSA) is 60.4 Å². The van der Waals surface area contributed by atoms with Crippen LogP contribution in [0.25, 0.3) is 0 Å². The largest absolute Gasteiger partial charge is 0.444 e. The molecule has 1 fully saturated rings. The van der Waals surface area contributed by atoms with E-state index >= 15 is 0 Å². The fourth-order valence-corrected chi connectivity index (χ4v) is 4.35. The molecular formula is C22H34IN5O2. The molecule has 0 aromatic heterocycles. The molecule has 0 spiro atoms. The highest BCUT2D eigenvalue weighted by molar-refractivity contribution is 14.0. The summed E-state index contributed by atoms with van der Waals surface area (Å²) in [6, 6.07) is 7.01. The van der Waals surface area contributed by atoms with Crippen LogP contribution in [0.15, 0.2) is 23.2 Å². The van der Waals surface area contributed by atoms with Gasteiger partial charge in [-0.05, 0) is 50.8 Å². The molecule has 0 bridgehead atoms. The van der Waals surface area contributed by atoms with E-state index < -0.39 is 5.60 Å². The number of nitrogens with one attached hydrogen (secondary N) is 1. The minimum atomic E-state index is -0.462. The highest BCUT2D eigenvalue weighted by Gasteiger charge is 2.36. The molecular weight excluding hydrogens is 493 g/mol. The molecule has 0 saturated carbocycles. The molecule has 1 unspecified atom stereocenters. The average molecular weight is 527 g/mol. The standard InChI is InChI=1S/C22H33N5O2.HI/c1-22(2,3)29-21(28)26-10-11-27-18(15-26)14-24-20(27)23-13-16-7-8-19-17(12-16)6-5-9-25(19)4;/h7-8,12,18H,5-6,9-11,13-15H2,1-4H3,(H,23,24);1H. The van der Waals surface area contributed by atoms with E-state index in [2.05, 4.69) is 40.4 Å². The van der Waals surface area contributed by atoms with Crippen LogP contribution in [0.1, 0.15) is 38.3 Å². The fraction of sp³-hybridized carbons (Fsp3) is 0.636. The average Bonchev–Trinajstić information content (AvgIpc) is 3.07. The zero-order chi connectivity index (χ0) is 20.6. The van der Waals surface area contributed by atoms with E-state index in [1.165, 1.54) is 23.2 Å². The lowest BCUT2D eigenvalue weighted by atomic mass is 9.99. The lowest BCUT2D eigenvalue weighted by Gasteiger charge is -2.39. The van der Waals surface area contributed by atoms with E-state index in [1.54, 1.807) is 0 Å². The van der Waals surface area contributed by atoms with Crippen LogP contribution in [0.3, 0.4) is 0 Å². The molecule has 8 heteroatoms. The predicted molar refractivity (Wildman–Crippen MR) is 131 cm³/mol. The second-order valence-corrected chi connectivity index (χ2v) is 9.28. The van der Waals surface area contributed by atoms with Gasteiger partial charge in [-0.2, -0.15) is 0 Å². The van der Waals surface area contributed by atoms with Crippen LogP contribution < -0.4 is 10.2 Å². The van der Waals surface area contributed by atoms with Gasteiger partial charge in [0.1, 0.15) is 5.60 Å². The number of nitrogens with zero attached hydrogens (tertiary/aromatic N) is 4. The smallest absolute Gasteiger partial charge is 0.410 e. The van der Waals surface area contributed by atoms with Crippen molar-refractivity contribution in [1.82, 2.24) is 15.1 Å². The second-order valence-electron chi connectivity index (χ2n) is 9.28. The number of guanidine groups is 1. The number of rotatable bonds is 2. The Kier molecular flexibility index (Phi) is 7.04. The Hall–Kier alpha value is -1.71. The number of hydrogen-bond donors (Lipinski definition) is 1. The van der Waals surface area contributed by atoms with Crippen LogP contribution in [-0.4, -0.2) is 73.3 Å². The van der Waals surface area contributed by atoms with Gasteiger partial charge in [0.15, 0.2) is 5.96 Å². The minimum Gasteiger partial charge on any atom is -0.444 e. The van der Waals surface area contributed by atoms with Gasteiger partial charge in [-0.1, -0.05) is 12.1 Å². The molecule has 0 aliphatic carbocycles. The van der Waals surface area contributed by atoms with E-state index in [-0.39, 0.29) is 36.1 Å². The van der Waals surface area contributed by atoms with Crippen LogP contribution in [-0.2, 0) is 17.7 Å². The van der Waals surface area contributed by atoms with Crippen LogP contribution in [0.2, 0.25) is 0 Å². The third kappa shape index (κ3) is 5.12. The first kappa shape index (κ1) is 23.0. The molecule has 3 heterocycles. The van der Waals surface area contributed by atoms with Crippen molar-refractivity contribution < 1.29 is 9.53 Å². The molecule has 3 aliphatic heterocycles. The summed E-state index contributed by atoms with van der Waals surface area (Å²) in [4.78, 5) is 23.5. The third-order valence-electron chi connectivity index (χ3n) is 5.80. The van der Waals surface area contributed by atoms with Crippen molar-refractivity contribution in [3.05, 3.63) is 29.3 Å². The number of piperazine rings is 1. The summed E-state index contributed by atoms with van der Waals surface area (Å²) in [5, 5.41) is 3.53. The number of anilines is 1. The maximum absolute atomic E-state index is 12.4. The molecule has 3 aliphatic rings. The molecule has 1 aromatic rings. The van der Waals surface area contributed by atoms with E-state index in [1.807, 2.05) is 25.7 Å². The number of fused-ring (bicyclic) bond motifs is 2. The van der Waals surface area contributed by atoms with Gasteiger partial charge in [0.2, 0.25) is 0 Å². The Morgan fingerprint density at radius 3 is 2.83 bits per heavy atom. The summed E-state index contributed by atoms with van der Waals surface area (Å²) >= 11 is 0. The monoisotopic (exact) mass is 527 g/mol. The molecule has 1 saturated heterocycles. The fourth-order valence-electron chi connectivity index (χ4n) is 4.35. The molecule has 1 N–H and O–H groups in total. The second kappa shape index (κ2) is 9.20. The van der Waals surface area contributed by atoms with Crippen LogP contribution in [0.5, 0.6) is 0 Å². The van der Waals surface area contributed by atoms with Gasteiger partial charge in [-0.3, -0.25) is 4.99 Å². The van der Waals surface area contributed by atoms with Crippen LogP contribution in [0, 0.1) is 0 Å². The number of amides is 1. The molecule has 30 heavy (non-hydrogen) atoms. The van der Waals surface area contributed by atoms with Crippen molar-refractivity contribution in [3.8, 4) is 0 Å². The summed E-state index contributed by atoms with van der Waals surface area (Å²) < 4.78 is 5.52. The first-order chi connectivity index (χ1) is 13.8. The SMILES string of the molecule is CN1CCCc2cc(CNC3=NCC4CN(C(=O)OC(C)(C)C)CCN34)ccc21.I. The summed E-state index contributed by atoms with van der Waals surface area (Å²) in [5.74, 6) is 0.952. The van der Waals surface area contributed by atoms with Crippen molar-refractivity contribution in [2.75, 3.05) is 44.7 Å². The van der Waals surface area contributed by atoms with E-state index in [9.17, 15) is 4.79 Å². The zero-order valence-corrected chi connectivity index (χ0v) is 20.8. The first-order valence-corrected chi connectivity index (χ1v) is 10.7. The quantitative estimate of drug-likeness (QED) is 0.600. The van der Waals surface area contributed by atoms with Crippen molar-refractivity contribution in [1.29, 1.82) is 0 Å². The van der Waals surface area contributed by atoms with E-state index in [0.29, 0.717) is 13.1 Å². The number of carbonyl (C=O) groups excluding carboxylic acids is 1. The molecule has 0 radical (unpaired) electrons.